The molecule has 3 N–H and O–H groups in total. The lowest BCUT2D eigenvalue weighted by Crippen LogP contribution is -2.37. The molecule has 0 aliphatic carbocycles. The number of pyridine rings is 2. The molecule has 36 heavy (non-hydrogen) atoms. The van der Waals surface area contributed by atoms with Gasteiger partial charge in [0.25, 0.3) is 11.5 Å². The normalized spacial score (nSPS) is 12.4. The van der Waals surface area contributed by atoms with Crippen LogP contribution in [-0.4, -0.2) is 40.3 Å². The van der Waals surface area contributed by atoms with Crippen molar-refractivity contribution in [3.63, 3.8) is 0 Å². The lowest BCUT2D eigenvalue weighted by molar-refractivity contribution is 0.0896. The van der Waals surface area contributed by atoms with Gasteiger partial charge in [0.15, 0.2) is 5.75 Å². The van der Waals surface area contributed by atoms with Gasteiger partial charge in [-0.05, 0) is 23.3 Å². The number of anilines is 1. The molecule has 2 aromatic carbocycles. The van der Waals surface area contributed by atoms with Gasteiger partial charge >= 0.3 is 0 Å². The molecule has 9 heteroatoms. The maximum atomic E-state index is 13.3. The topological polar surface area (TPSA) is 105 Å². The molecule has 3 heterocycles. The molecular weight excluding hydrogens is 463 g/mol. The molecule has 8 nitrogen and oxygen atoms in total. The number of benzene rings is 2. The van der Waals surface area contributed by atoms with Gasteiger partial charge in [-0.2, -0.15) is 0 Å². The van der Waals surface area contributed by atoms with Gasteiger partial charge < -0.3 is 25.0 Å². The van der Waals surface area contributed by atoms with E-state index in [0.717, 1.165) is 16.7 Å². The van der Waals surface area contributed by atoms with Crippen LogP contribution in [-0.2, 0) is 24.3 Å². The smallest absolute Gasteiger partial charge is 0.267 e. The summed E-state index contributed by atoms with van der Waals surface area (Å²) in [4.78, 5) is 30.5. The van der Waals surface area contributed by atoms with E-state index in [0.29, 0.717) is 37.3 Å². The summed E-state index contributed by atoms with van der Waals surface area (Å²) in [5, 5.41) is 16.8. The molecule has 1 amide bonds. The van der Waals surface area contributed by atoms with E-state index in [-0.39, 0.29) is 30.0 Å². The van der Waals surface area contributed by atoms with Crippen molar-refractivity contribution >= 4 is 22.6 Å². The van der Waals surface area contributed by atoms with Crippen LogP contribution < -0.4 is 16.2 Å². The average molecular weight is 489 g/mol. The van der Waals surface area contributed by atoms with Gasteiger partial charge in [0.2, 0.25) is 0 Å². The number of hydrogen-bond acceptors (Lipinski definition) is 6. The Kier molecular flexibility index (Phi) is 6.64. The number of halogens is 1. The maximum Gasteiger partial charge on any atom is 0.267 e. The number of nitrogens with zero attached hydrogens (tertiary/aromatic N) is 2. The molecule has 2 aromatic heterocycles. The van der Waals surface area contributed by atoms with Crippen molar-refractivity contribution < 1.29 is 19.0 Å². The van der Waals surface area contributed by atoms with Crippen LogP contribution in [0.25, 0.3) is 11.0 Å². The Hall–Kier alpha value is -4.24. The Morgan fingerprint density at radius 2 is 1.92 bits per heavy atom. The highest BCUT2D eigenvalue weighted by molar-refractivity contribution is 6.04. The van der Waals surface area contributed by atoms with Crippen LogP contribution >= 0.6 is 0 Å². The second kappa shape index (κ2) is 10.2. The van der Waals surface area contributed by atoms with E-state index < -0.39 is 17.2 Å². The Morgan fingerprint density at radius 1 is 1.14 bits per heavy atom. The predicted molar refractivity (Wildman–Crippen MR) is 134 cm³/mol. The number of rotatable bonds is 8. The van der Waals surface area contributed by atoms with Crippen molar-refractivity contribution in [1.82, 2.24) is 14.9 Å². The predicted octanol–water partition coefficient (Wildman–Crippen LogP) is 3.20. The third kappa shape index (κ3) is 4.65. The van der Waals surface area contributed by atoms with Gasteiger partial charge in [-0.3, -0.25) is 14.6 Å². The lowest BCUT2D eigenvalue weighted by Gasteiger charge is -2.24. The number of nitrogens with one attached hydrogen (secondary N) is 2. The standard InChI is InChI=1S/C27H25FN4O4/c28-20-8-6-17(7-9-20)14-19-15-31-23-24-22(19)29-10-12-32(24)27(35)21(25(23)33)26(34)30-11-13-36-16-18-4-2-1-3-5-18/h1-9,15,29,33H,10-14,16H2,(H,30,34). The molecule has 184 valence electrons. The Balaban J connectivity index is 1.37. The highest BCUT2D eigenvalue weighted by Gasteiger charge is 2.27. The van der Waals surface area contributed by atoms with Crippen molar-refractivity contribution in [2.45, 2.75) is 19.6 Å². The van der Waals surface area contributed by atoms with E-state index >= 15 is 0 Å². The summed E-state index contributed by atoms with van der Waals surface area (Å²) in [5.74, 6) is -1.45. The Bertz CT molecular complexity index is 1470. The molecule has 1 aliphatic rings. The fourth-order valence-corrected chi connectivity index (χ4v) is 4.38. The second-order valence-corrected chi connectivity index (χ2v) is 8.56. The number of amides is 1. The second-order valence-electron chi connectivity index (χ2n) is 8.56. The van der Waals surface area contributed by atoms with Crippen LogP contribution in [0.15, 0.2) is 65.6 Å². The quantitative estimate of drug-likeness (QED) is 0.329. The van der Waals surface area contributed by atoms with Crippen LogP contribution in [0.3, 0.4) is 0 Å². The van der Waals surface area contributed by atoms with E-state index in [1.165, 1.54) is 16.7 Å². The highest BCUT2D eigenvalue weighted by atomic mass is 19.1. The van der Waals surface area contributed by atoms with Gasteiger partial charge in [-0.25, -0.2) is 4.39 Å². The summed E-state index contributed by atoms with van der Waals surface area (Å²) in [6.45, 7) is 1.64. The summed E-state index contributed by atoms with van der Waals surface area (Å²) >= 11 is 0. The van der Waals surface area contributed by atoms with Crippen molar-refractivity contribution in [2.75, 3.05) is 25.0 Å². The first-order valence-corrected chi connectivity index (χ1v) is 11.7. The average Bonchev–Trinajstić information content (AvgIpc) is 2.89. The van der Waals surface area contributed by atoms with E-state index in [2.05, 4.69) is 15.6 Å². The first-order valence-electron chi connectivity index (χ1n) is 11.7. The zero-order valence-corrected chi connectivity index (χ0v) is 19.5. The van der Waals surface area contributed by atoms with Crippen LogP contribution in [0.2, 0.25) is 0 Å². The van der Waals surface area contributed by atoms with Gasteiger partial charge in [0.05, 0.1) is 24.4 Å². The third-order valence-electron chi connectivity index (χ3n) is 6.14. The molecule has 5 rings (SSSR count). The van der Waals surface area contributed by atoms with E-state index in [1.54, 1.807) is 18.3 Å². The first kappa shape index (κ1) is 23.5. The summed E-state index contributed by atoms with van der Waals surface area (Å²) in [7, 11) is 0. The Labute approximate surface area is 206 Å². The molecule has 0 spiro atoms. The van der Waals surface area contributed by atoms with Crippen molar-refractivity contribution in [1.29, 1.82) is 0 Å². The Morgan fingerprint density at radius 3 is 2.69 bits per heavy atom. The van der Waals surface area contributed by atoms with Gasteiger partial charge in [0, 0.05) is 37.8 Å². The highest BCUT2D eigenvalue weighted by Crippen LogP contribution is 2.34. The summed E-state index contributed by atoms with van der Waals surface area (Å²) in [6.07, 6.45) is 2.07. The third-order valence-corrected chi connectivity index (χ3v) is 6.14. The molecule has 0 bridgehead atoms. The molecule has 0 saturated heterocycles. The fraction of sp³-hybridized carbons (Fsp3) is 0.222. The van der Waals surface area contributed by atoms with Crippen LogP contribution in [0.4, 0.5) is 10.1 Å². The van der Waals surface area contributed by atoms with Gasteiger partial charge in [0.1, 0.15) is 16.9 Å². The van der Waals surface area contributed by atoms with Crippen molar-refractivity contribution in [2.24, 2.45) is 0 Å². The minimum absolute atomic E-state index is 0.171. The number of carbonyl (C=O) groups is 1. The van der Waals surface area contributed by atoms with Crippen LogP contribution in [0.5, 0.6) is 5.75 Å². The van der Waals surface area contributed by atoms with Crippen molar-refractivity contribution in [3.8, 4) is 5.75 Å². The molecule has 0 saturated carbocycles. The van der Waals surface area contributed by atoms with Crippen LogP contribution in [0, 0.1) is 5.82 Å². The number of aromatic hydroxyl groups is 1. The number of carbonyl (C=O) groups excluding carboxylic acids is 1. The minimum atomic E-state index is -0.677. The molecule has 1 aliphatic heterocycles. The van der Waals surface area contributed by atoms with E-state index in [1.807, 2.05) is 30.3 Å². The van der Waals surface area contributed by atoms with Gasteiger partial charge in [-0.15, -0.1) is 0 Å². The lowest BCUT2D eigenvalue weighted by atomic mass is 10.0. The minimum Gasteiger partial charge on any atom is -0.505 e. The first-order chi connectivity index (χ1) is 17.5. The monoisotopic (exact) mass is 488 g/mol. The summed E-state index contributed by atoms with van der Waals surface area (Å²) in [5.41, 5.74) is 3.07. The summed E-state index contributed by atoms with van der Waals surface area (Å²) < 4.78 is 20.3. The zero-order valence-electron chi connectivity index (χ0n) is 19.5. The molecule has 0 atom stereocenters. The van der Waals surface area contributed by atoms with Crippen LogP contribution in [0.1, 0.15) is 27.0 Å². The number of aromatic nitrogens is 2. The molecule has 0 fully saturated rings. The fourth-order valence-electron chi connectivity index (χ4n) is 4.38. The number of ether oxygens (including phenoxy) is 1. The van der Waals surface area contributed by atoms with E-state index in [4.69, 9.17) is 4.74 Å². The zero-order chi connectivity index (χ0) is 25.1. The molecule has 4 aromatic rings. The van der Waals surface area contributed by atoms with Crippen molar-refractivity contribution in [3.05, 3.63) is 99.2 Å². The van der Waals surface area contributed by atoms with E-state index in [9.17, 15) is 19.1 Å². The maximum absolute atomic E-state index is 13.3. The SMILES string of the molecule is O=C(NCCOCc1ccccc1)c1c(O)c2ncc(Cc3ccc(F)cc3)c3c2n(c1=O)CCN3. The van der Waals surface area contributed by atoms with Gasteiger partial charge in [-0.1, -0.05) is 42.5 Å². The largest absolute Gasteiger partial charge is 0.505 e. The summed E-state index contributed by atoms with van der Waals surface area (Å²) in [6, 6.07) is 15.8. The molecule has 0 unspecified atom stereocenters. The number of hydrogen-bond donors (Lipinski definition) is 3. The molecule has 0 radical (unpaired) electrons. The molecular formula is C27H25FN4O4.